The maximum atomic E-state index is 11.8. The average molecular weight is 232 g/mol. The number of rotatable bonds is 5. The van der Waals surface area contributed by atoms with Gasteiger partial charge >= 0.3 is 0 Å². The highest BCUT2D eigenvalue weighted by Crippen LogP contribution is 2.12. The Bertz CT molecular complexity index is 394. The Balaban J connectivity index is 2.91. The predicted molar refractivity (Wildman–Crippen MR) is 56.7 cm³/mol. The first-order valence-electron chi connectivity index (χ1n) is 4.66. The molecule has 1 aromatic heterocycles. The number of nitrogens with zero attached hydrogens (tertiary/aromatic N) is 1. The molecule has 86 valence electrons. The molecule has 0 radical (unpaired) electrons. The molecule has 1 heterocycles. The van der Waals surface area contributed by atoms with Crippen LogP contribution in [-0.2, 0) is 10.0 Å². The number of nitrogens with two attached hydrogens (primary N) is 1. The smallest absolute Gasteiger partial charge is 0.258 e. The first-order valence-corrected chi connectivity index (χ1v) is 6.14. The lowest BCUT2D eigenvalue weighted by Crippen LogP contribution is -2.50. The van der Waals surface area contributed by atoms with Gasteiger partial charge in [-0.05, 0) is 13.3 Å². The highest BCUT2D eigenvalue weighted by atomic mass is 32.2. The lowest BCUT2D eigenvalue weighted by molar-refractivity contribution is 0.410. The molecule has 0 amide bonds. The van der Waals surface area contributed by atoms with Crippen molar-refractivity contribution in [1.29, 1.82) is 0 Å². The average Bonchev–Trinajstić information content (AvgIpc) is 2.70. The lowest BCUT2D eigenvalue weighted by Gasteiger charge is -2.26. The van der Waals surface area contributed by atoms with Gasteiger partial charge in [-0.2, -0.15) is 0 Å². The van der Waals surface area contributed by atoms with E-state index in [9.17, 15) is 8.42 Å². The fourth-order valence-electron chi connectivity index (χ4n) is 1.03. The van der Waals surface area contributed by atoms with Crippen LogP contribution in [0.25, 0.3) is 0 Å². The Morgan fingerprint density at radius 2 is 2.33 bits per heavy atom. The van der Waals surface area contributed by atoms with Crippen LogP contribution in [0.1, 0.15) is 20.3 Å². The van der Waals surface area contributed by atoms with Crippen LogP contribution < -0.4 is 10.5 Å². The van der Waals surface area contributed by atoms with Crippen molar-refractivity contribution in [3.63, 3.8) is 0 Å². The molecule has 0 aliphatic carbocycles. The SMILES string of the molecule is CCC(C)(CN)NS(=O)(=O)c1cnc[nH]1. The third-order valence-electron chi connectivity index (χ3n) is 2.37. The van der Waals surface area contributed by atoms with Gasteiger partial charge in [0, 0.05) is 12.1 Å². The highest BCUT2D eigenvalue weighted by molar-refractivity contribution is 7.89. The van der Waals surface area contributed by atoms with Gasteiger partial charge in [-0.25, -0.2) is 18.1 Å². The molecule has 0 aromatic carbocycles. The molecule has 7 heteroatoms. The van der Waals surface area contributed by atoms with Crippen molar-refractivity contribution in [2.45, 2.75) is 30.8 Å². The quantitative estimate of drug-likeness (QED) is 0.655. The topological polar surface area (TPSA) is 101 Å². The molecule has 15 heavy (non-hydrogen) atoms. The van der Waals surface area contributed by atoms with Crippen molar-refractivity contribution in [3.8, 4) is 0 Å². The minimum Gasteiger partial charge on any atom is -0.335 e. The molecule has 1 atom stereocenters. The number of hydrogen-bond donors (Lipinski definition) is 3. The largest absolute Gasteiger partial charge is 0.335 e. The van der Waals surface area contributed by atoms with Crippen LogP contribution in [0.15, 0.2) is 17.6 Å². The Morgan fingerprint density at radius 3 is 2.73 bits per heavy atom. The molecule has 0 aliphatic rings. The van der Waals surface area contributed by atoms with E-state index in [0.717, 1.165) is 0 Å². The minimum atomic E-state index is -3.55. The molecule has 0 fully saturated rings. The van der Waals surface area contributed by atoms with E-state index >= 15 is 0 Å². The van der Waals surface area contributed by atoms with Gasteiger partial charge in [-0.15, -0.1) is 0 Å². The van der Waals surface area contributed by atoms with Gasteiger partial charge in [0.1, 0.15) is 0 Å². The van der Waals surface area contributed by atoms with Gasteiger partial charge in [-0.3, -0.25) is 0 Å². The molecule has 6 nitrogen and oxygen atoms in total. The summed E-state index contributed by atoms with van der Waals surface area (Å²) in [6.07, 6.45) is 3.20. The molecule has 0 saturated heterocycles. The zero-order valence-electron chi connectivity index (χ0n) is 8.82. The lowest BCUT2D eigenvalue weighted by atomic mass is 10.0. The van der Waals surface area contributed by atoms with Crippen LogP contribution in [0.3, 0.4) is 0 Å². The molecule has 0 saturated carbocycles. The van der Waals surface area contributed by atoms with Crippen molar-refractivity contribution < 1.29 is 8.42 Å². The second-order valence-corrected chi connectivity index (χ2v) is 5.29. The Labute approximate surface area is 89.3 Å². The molecular formula is C8H16N4O2S. The van der Waals surface area contributed by atoms with Crippen molar-refractivity contribution in [3.05, 3.63) is 12.5 Å². The summed E-state index contributed by atoms with van der Waals surface area (Å²) in [5, 5.41) is 0.0515. The number of imidazole rings is 1. The predicted octanol–water partition coefficient (Wildman–Crippen LogP) is -0.185. The Morgan fingerprint density at radius 1 is 1.67 bits per heavy atom. The molecule has 0 spiro atoms. The monoisotopic (exact) mass is 232 g/mol. The normalized spacial score (nSPS) is 16.2. The van der Waals surface area contributed by atoms with E-state index in [-0.39, 0.29) is 11.6 Å². The summed E-state index contributed by atoms with van der Waals surface area (Å²) in [6.45, 7) is 3.89. The zero-order chi connectivity index (χ0) is 11.5. The fraction of sp³-hybridized carbons (Fsp3) is 0.625. The summed E-state index contributed by atoms with van der Waals surface area (Å²) < 4.78 is 26.1. The standard InChI is InChI=1S/C8H16N4O2S/c1-3-8(2,5-9)12-15(13,14)7-4-10-6-11-7/h4,6,12H,3,5,9H2,1-2H3,(H,10,11). The maximum Gasteiger partial charge on any atom is 0.258 e. The third-order valence-corrected chi connectivity index (χ3v) is 3.94. The zero-order valence-corrected chi connectivity index (χ0v) is 9.63. The number of nitrogens with one attached hydrogen (secondary N) is 2. The van der Waals surface area contributed by atoms with Gasteiger partial charge in [0.05, 0.1) is 12.5 Å². The highest BCUT2D eigenvalue weighted by Gasteiger charge is 2.28. The summed E-state index contributed by atoms with van der Waals surface area (Å²) in [5.74, 6) is 0. The molecule has 4 N–H and O–H groups in total. The van der Waals surface area contributed by atoms with E-state index in [2.05, 4.69) is 14.7 Å². The van der Waals surface area contributed by atoms with Gasteiger partial charge in [-0.1, -0.05) is 6.92 Å². The summed E-state index contributed by atoms with van der Waals surface area (Å²) in [7, 11) is -3.55. The van der Waals surface area contributed by atoms with Crippen molar-refractivity contribution in [2.24, 2.45) is 5.73 Å². The van der Waals surface area contributed by atoms with Crippen LogP contribution in [0.4, 0.5) is 0 Å². The van der Waals surface area contributed by atoms with Crippen LogP contribution in [0, 0.1) is 0 Å². The Hall–Kier alpha value is -0.920. The van der Waals surface area contributed by atoms with Gasteiger partial charge in [0.15, 0.2) is 5.03 Å². The molecule has 1 rings (SSSR count). The number of aromatic nitrogens is 2. The number of hydrogen-bond acceptors (Lipinski definition) is 4. The maximum absolute atomic E-state index is 11.8. The first-order chi connectivity index (χ1) is 6.93. The minimum absolute atomic E-state index is 0.0515. The number of aromatic amines is 1. The van der Waals surface area contributed by atoms with Crippen LogP contribution in [-0.4, -0.2) is 30.5 Å². The molecule has 0 aliphatic heterocycles. The number of sulfonamides is 1. The fourth-order valence-corrected chi connectivity index (χ4v) is 2.42. The van der Waals surface area contributed by atoms with Gasteiger partial charge in [0.2, 0.25) is 0 Å². The van der Waals surface area contributed by atoms with E-state index in [1.165, 1.54) is 12.5 Å². The molecule has 0 bridgehead atoms. The van der Waals surface area contributed by atoms with E-state index in [1.54, 1.807) is 6.92 Å². The molecular weight excluding hydrogens is 216 g/mol. The van der Waals surface area contributed by atoms with E-state index in [1.807, 2.05) is 6.92 Å². The summed E-state index contributed by atoms with van der Waals surface area (Å²) in [5.41, 5.74) is 4.90. The number of H-pyrrole nitrogens is 1. The molecule has 1 unspecified atom stereocenters. The van der Waals surface area contributed by atoms with Crippen molar-refractivity contribution in [2.75, 3.05) is 6.54 Å². The second-order valence-electron chi connectivity index (χ2n) is 3.64. The first kappa shape index (κ1) is 12.2. The summed E-state index contributed by atoms with van der Waals surface area (Å²) >= 11 is 0. The molecule has 1 aromatic rings. The van der Waals surface area contributed by atoms with Crippen molar-refractivity contribution >= 4 is 10.0 Å². The van der Waals surface area contributed by atoms with Crippen molar-refractivity contribution in [1.82, 2.24) is 14.7 Å². The van der Waals surface area contributed by atoms with Gasteiger partial charge < -0.3 is 10.7 Å². The van der Waals surface area contributed by atoms with E-state index < -0.39 is 15.6 Å². The third kappa shape index (κ3) is 2.77. The van der Waals surface area contributed by atoms with Gasteiger partial charge in [0.25, 0.3) is 10.0 Å². The summed E-state index contributed by atoms with van der Waals surface area (Å²) in [4.78, 5) is 6.21. The van der Waals surface area contributed by atoms with Crippen LogP contribution >= 0.6 is 0 Å². The van der Waals surface area contributed by atoms with Crippen LogP contribution in [0.2, 0.25) is 0 Å². The Kier molecular flexibility index (Phi) is 3.48. The van der Waals surface area contributed by atoms with Crippen LogP contribution in [0.5, 0.6) is 0 Å². The van der Waals surface area contributed by atoms with E-state index in [4.69, 9.17) is 5.73 Å². The second kappa shape index (κ2) is 4.30. The summed E-state index contributed by atoms with van der Waals surface area (Å²) in [6, 6.07) is 0. The van der Waals surface area contributed by atoms with E-state index in [0.29, 0.717) is 6.42 Å².